The Hall–Kier alpha value is -1.79. The van der Waals surface area contributed by atoms with Gasteiger partial charge < -0.3 is 19.8 Å². The van der Waals surface area contributed by atoms with Gasteiger partial charge in [0.15, 0.2) is 0 Å². The lowest BCUT2D eigenvalue weighted by Crippen LogP contribution is -2.47. The van der Waals surface area contributed by atoms with Gasteiger partial charge in [0.05, 0.1) is 6.42 Å². The number of likely N-dealkylation sites (N-methyl/N-ethyl adjacent to an activating group) is 1. The van der Waals surface area contributed by atoms with Crippen LogP contribution in [0.3, 0.4) is 0 Å². The van der Waals surface area contributed by atoms with Crippen LogP contribution in [0.5, 0.6) is 0 Å². The number of urea groups is 1. The van der Waals surface area contributed by atoms with Crippen molar-refractivity contribution >= 4 is 17.9 Å². The average Bonchev–Trinajstić information content (AvgIpc) is 3.11. The SMILES string of the molecule is CN(CC(=O)N1CCCC1)C(=O)N(CCC(=O)O)C1CC1. The van der Waals surface area contributed by atoms with Crippen molar-refractivity contribution in [3.63, 3.8) is 0 Å². The largest absolute Gasteiger partial charge is 0.481 e. The number of likely N-dealkylation sites (tertiary alicyclic amines) is 1. The van der Waals surface area contributed by atoms with E-state index in [1.165, 1.54) is 4.90 Å². The Morgan fingerprint density at radius 1 is 1.19 bits per heavy atom. The molecular weight excluding hydrogens is 274 g/mol. The van der Waals surface area contributed by atoms with E-state index >= 15 is 0 Å². The lowest BCUT2D eigenvalue weighted by atomic mass is 10.3. The van der Waals surface area contributed by atoms with Crippen molar-refractivity contribution in [1.29, 1.82) is 0 Å². The summed E-state index contributed by atoms with van der Waals surface area (Å²) in [5, 5.41) is 8.76. The standard InChI is InChI=1S/C14H23N3O4/c1-15(10-12(18)16-7-2-3-8-16)14(21)17(11-4-5-11)9-6-13(19)20/h11H,2-10H2,1H3,(H,19,20). The number of hydrogen-bond acceptors (Lipinski definition) is 3. The highest BCUT2D eigenvalue weighted by atomic mass is 16.4. The van der Waals surface area contributed by atoms with Crippen LogP contribution in [0.15, 0.2) is 0 Å². The number of carbonyl (C=O) groups is 3. The molecule has 0 aromatic heterocycles. The summed E-state index contributed by atoms with van der Waals surface area (Å²) < 4.78 is 0. The van der Waals surface area contributed by atoms with Gasteiger partial charge in [-0.1, -0.05) is 0 Å². The van der Waals surface area contributed by atoms with Crippen LogP contribution >= 0.6 is 0 Å². The number of aliphatic carboxylic acids is 1. The Morgan fingerprint density at radius 3 is 2.33 bits per heavy atom. The molecule has 1 saturated carbocycles. The number of carboxylic acids is 1. The van der Waals surface area contributed by atoms with Crippen LogP contribution in [0, 0.1) is 0 Å². The second kappa shape index (κ2) is 6.78. The van der Waals surface area contributed by atoms with Crippen molar-refractivity contribution < 1.29 is 19.5 Å². The zero-order chi connectivity index (χ0) is 15.4. The summed E-state index contributed by atoms with van der Waals surface area (Å²) in [5.74, 6) is -0.943. The number of nitrogens with zero attached hydrogens (tertiary/aromatic N) is 3. The van der Waals surface area contributed by atoms with Crippen molar-refractivity contribution in [2.75, 3.05) is 33.2 Å². The van der Waals surface area contributed by atoms with E-state index < -0.39 is 5.97 Å². The molecule has 7 heteroatoms. The second-order valence-corrected chi connectivity index (χ2v) is 5.79. The van der Waals surface area contributed by atoms with Gasteiger partial charge in [-0.2, -0.15) is 0 Å². The summed E-state index contributed by atoms with van der Waals surface area (Å²) in [7, 11) is 1.60. The third kappa shape index (κ3) is 4.34. The lowest BCUT2D eigenvalue weighted by molar-refractivity contribution is -0.137. The Morgan fingerprint density at radius 2 is 1.81 bits per heavy atom. The highest BCUT2D eigenvalue weighted by molar-refractivity contribution is 5.84. The van der Waals surface area contributed by atoms with Crippen LogP contribution in [0.1, 0.15) is 32.1 Å². The molecular formula is C14H23N3O4. The minimum absolute atomic E-state index is 0.0302. The Labute approximate surface area is 124 Å². The van der Waals surface area contributed by atoms with Gasteiger partial charge in [0.2, 0.25) is 5.91 Å². The second-order valence-electron chi connectivity index (χ2n) is 5.79. The van der Waals surface area contributed by atoms with E-state index in [0.29, 0.717) is 0 Å². The van der Waals surface area contributed by atoms with Crippen LogP contribution in [0.25, 0.3) is 0 Å². The van der Waals surface area contributed by atoms with Crippen molar-refractivity contribution in [1.82, 2.24) is 14.7 Å². The fourth-order valence-electron chi connectivity index (χ4n) is 2.59. The van der Waals surface area contributed by atoms with Gasteiger partial charge in [0.25, 0.3) is 0 Å². The molecule has 1 aliphatic carbocycles. The van der Waals surface area contributed by atoms with E-state index in [0.717, 1.165) is 38.8 Å². The van der Waals surface area contributed by atoms with Crippen LogP contribution < -0.4 is 0 Å². The molecule has 0 unspecified atom stereocenters. The minimum atomic E-state index is -0.913. The quantitative estimate of drug-likeness (QED) is 0.778. The van der Waals surface area contributed by atoms with E-state index in [-0.39, 0.29) is 37.5 Å². The van der Waals surface area contributed by atoms with Crippen LogP contribution in [0.2, 0.25) is 0 Å². The summed E-state index contributed by atoms with van der Waals surface area (Å²) in [6.45, 7) is 1.81. The number of carboxylic acid groups (broad SMARTS) is 1. The third-order valence-electron chi connectivity index (χ3n) is 3.96. The number of rotatable bonds is 6. The van der Waals surface area contributed by atoms with E-state index in [1.807, 2.05) is 0 Å². The molecule has 0 aromatic rings. The highest BCUT2D eigenvalue weighted by Gasteiger charge is 2.34. The van der Waals surface area contributed by atoms with Gasteiger partial charge in [0.1, 0.15) is 6.54 Å². The van der Waals surface area contributed by atoms with Crippen LogP contribution in [-0.2, 0) is 9.59 Å². The topological polar surface area (TPSA) is 81.2 Å². The minimum Gasteiger partial charge on any atom is -0.481 e. The van der Waals surface area contributed by atoms with Gasteiger partial charge in [0, 0.05) is 32.7 Å². The zero-order valence-corrected chi connectivity index (χ0v) is 12.5. The van der Waals surface area contributed by atoms with Crippen LogP contribution in [-0.4, -0.2) is 77.0 Å². The third-order valence-corrected chi connectivity index (χ3v) is 3.96. The molecule has 2 aliphatic rings. The fourth-order valence-corrected chi connectivity index (χ4v) is 2.59. The maximum absolute atomic E-state index is 12.4. The molecule has 0 spiro atoms. The first kappa shape index (κ1) is 15.6. The predicted molar refractivity (Wildman–Crippen MR) is 75.8 cm³/mol. The fraction of sp³-hybridized carbons (Fsp3) is 0.786. The van der Waals surface area contributed by atoms with E-state index in [9.17, 15) is 14.4 Å². The highest BCUT2D eigenvalue weighted by Crippen LogP contribution is 2.27. The number of hydrogen-bond donors (Lipinski definition) is 1. The Bertz CT molecular complexity index is 416. The van der Waals surface area contributed by atoms with Gasteiger partial charge >= 0.3 is 12.0 Å². The van der Waals surface area contributed by atoms with Crippen molar-refractivity contribution in [2.45, 2.75) is 38.1 Å². The first-order valence-corrected chi connectivity index (χ1v) is 7.50. The Kier molecular flexibility index (Phi) is 5.03. The molecule has 2 rings (SSSR count). The molecule has 0 radical (unpaired) electrons. The average molecular weight is 297 g/mol. The molecule has 1 heterocycles. The number of carbonyl (C=O) groups excluding carboxylic acids is 2. The normalized spacial score (nSPS) is 17.7. The van der Waals surface area contributed by atoms with Gasteiger partial charge in [-0.05, 0) is 25.7 Å². The molecule has 1 N–H and O–H groups in total. The van der Waals surface area contributed by atoms with Gasteiger partial charge in [-0.3, -0.25) is 9.59 Å². The zero-order valence-electron chi connectivity index (χ0n) is 12.5. The summed E-state index contributed by atoms with van der Waals surface area (Å²) in [5.41, 5.74) is 0. The molecule has 0 atom stereocenters. The molecule has 3 amide bonds. The molecule has 0 bridgehead atoms. The van der Waals surface area contributed by atoms with Crippen molar-refractivity contribution in [3.8, 4) is 0 Å². The molecule has 1 saturated heterocycles. The van der Waals surface area contributed by atoms with E-state index in [4.69, 9.17) is 5.11 Å². The van der Waals surface area contributed by atoms with Gasteiger partial charge in [-0.15, -0.1) is 0 Å². The van der Waals surface area contributed by atoms with Gasteiger partial charge in [-0.25, -0.2) is 4.79 Å². The van der Waals surface area contributed by atoms with E-state index in [1.54, 1.807) is 16.8 Å². The Balaban J connectivity index is 1.86. The van der Waals surface area contributed by atoms with Crippen LogP contribution in [0.4, 0.5) is 4.79 Å². The monoisotopic (exact) mass is 297 g/mol. The molecule has 118 valence electrons. The number of amides is 3. The maximum atomic E-state index is 12.4. The van der Waals surface area contributed by atoms with Crippen molar-refractivity contribution in [3.05, 3.63) is 0 Å². The first-order chi connectivity index (χ1) is 9.99. The smallest absolute Gasteiger partial charge is 0.320 e. The molecule has 1 aliphatic heterocycles. The summed E-state index contributed by atoms with van der Waals surface area (Å²) in [6.07, 6.45) is 3.82. The summed E-state index contributed by atoms with van der Waals surface area (Å²) in [4.78, 5) is 39.9. The van der Waals surface area contributed by atoms with Crippen molar-refractivity contribution in [2.24, 2.45) is 0 Å². The lowest BCUT2D eigenvalue weighted by Gasteiger charge is -2.28. The molecule has 7 nitrogen and oxygen atoms in total. The van der Waals surface area contributed by atoms with E-state index in [2.05, 4.69) is 0 Å². The predicted octanol–water partition coefficient (Wildman–Crippen LogP) is 0.600. The summed E-state index contributed by atoms with van der Waals surface area (Å²) in [6, 6.07) is -0.104. The maximum Gasteiger partial charge on any atom is 0.320 e. The first-order valence-electron chi connectivity index (χ1n) is 7.50. The molecule has 21 heavy (non-hydrogen) atoms. The molecule has 2 fully saturated rings. The molecule has 0 aromatic carbocycles. The summed E-state index contributed by atoms with van der Waals surface area (Å²) >= 11 is 0.